The number of imide groups is 1. The summed E-state index contributed by atoms with van der Waals surface area (Å²) in [6.07, 6.45) is 5.49. The molecule has 1 fully saturated rings. The molecule has 6 nitrogen and oxygen atoms in total. The Morgan fingerprint density at radius 1 is 1.24 bits per heavy atom. The Bertz CT molecular complexity index is 929. The van der Waals surface area contributed by atoms with Crippen molar-refractivity contribution in [2.45, 2.75) is 18.4 Å². The van der Waals surface area contributed by atoms with Gasteiger partial charge in [-0.3, -0.25) is 15.0 Å². The number of aromatic nitrogens is 1. The molecule has 2 aromatic rings. The molecule has 0 bridgehead atoms. The van der Waals surface area contributed by atoms with Crippen molar-refractivity contribution in [2.75, 3.05) is 26.7 Å². The zero-order chi connectivity index (χ0) is 17.1. The fourth-order valence-corrected chi connectivity index (χ4v) is 4.62. The van der Waals surface area contributed by atoms with E-state index in [1.165, 1.54) is 27.6 Å². The molecule has 6 heteroatoms. The van der Waals surface area contributed by atoms with E-state index < -0.39 is 0 Å². The molecule has 2 N–H and O–H groups in total. The van der Waals surface area contributed by atoms with Crippen LogP contribution in [0.15, 0.2) is 36.0 Å². The number of aromatic amines is 1. The van der Waals surface area contributed by atoms with Gasteiger partial charge in [-0.15, -0.1) is 0 Å². The summed E-state index contributed by atoms with van der Waals surface area (Å²) in [4.78, 5) is 30.6. The second-order valence-corrected chi connectivity index (χ2v) is 7.33. The van der Waals surface area contributed by atoms with Crippen LogP contribution in [0.2, 0.25) is 0 Å². The quantitative estimate of drug-likeness (QED) is 0.647. The van der Waals surface area contributed by atoms with Gasteiger partial charge in [0.25, 0.3) is 0 Å². The lowest BCUT2D eigenvalue weighted by Crippen LogP contribution is -2.45. The highest BCUT2D eigenvalue weighted by Gasteiger charge is 2.36. The van der Waals surface area contributed by atoms with Gasteiger partial charge in [0.2, 0.25) is 5.91 Å². The number of fused-ring (bicyclic) bond motifs is 2. The third kappa shape index (κ3) is 2.21. The molecule has 1 aromatic heterocycles. The molecule has 3 aliphatic rings. The van der Waals surface area contributed by atoms with Crippen LogP contribution < -0.4 is 5.32 Å². The van der Waals surface area contributed by atoms with E-state index in [1.807, 2.05) is 0 Å². The van der Waals surface area contributed by atoms with Gasteiger partial charge in [-0.2, -0.15) is 0 Å². The maximum atomic E-state index is 11.9. The highest BCUT2D eigenvalue weighted by molar-refractivity contribution is 6.02. The summed E-state index contributed by atoms with van der Waals surface area (Å²) in [6, 6.07) is 6.60. The molecule has 5 rings (SSSR count). The molecule has 3 amide bonds. The summed E-state index contributed by atoms with van der Waals surface area (Å²) in [5, 5.41) is 3.70. The molecule has 128 valence electrons. The topological polar surface area (TPSA) is 68.4 Å². The maximum absolute atomic E-state index is 11.9. The average molecular weight is 336 g/mol. The van der Waals surface area contributed by atoms with Crippen LogP contribution in [0.5, 0.6) is 0 Å². The van der Waals surface area contributed by atoms with Crippen LogP contribution in [0, 0.1) is 0 Å². The lowest BCUT2D eigenvalue weighted by Gasteiger charge is -2.41. The van der Waals surface area contributed by atoms with Gasteiger partial charge in [-0.25, -0.2) is 4.79 Å². The number of urea groups is 1. The maximum Gasteiger partial charge on any atom is 0.324 e. The molecule has 1 aliphatic carbocycles. The third-order valence-corrected chi connectivity index (χ3v) is 5.72. The van der Waals surface area contributed by atoms with Crippen LogP contribution >= 0.6 is 0 Å². The zero-order valence-corrected chi connectivity index (χ0v) is 14.1. The number of benzene rings is 1. The summed E-state index contributed by atoms with van der Waals surface area (Å²) >= 11 is 0. The Kier molecular flexibility index (Phi) is 3.06. The van der Waals surface area contributed by atoms with Gasteiger partial charge in [0.15, 0.2) is 0 Å². The largest absolute Gasteiger partial charge is 0.361 e. The molecule has 2 atom stereocenters. The number of nitrogens with one attached hydrogen (secondary N) is 2. The van der Waals surface area contributed by atoms with Crippen molar-refractivity contribution in [2.24, 2.45) is 0 Å². The summed E-state index contributed by atoms with van der Waals surface area (Å²) in [5.41, 5.74) is 5.14. The van der Waals surface area contributed by atoms with Crippen molar-refractivity contribution in [1.82, 2.24) is 20.1 Å². The second-order valence-electron chi connectivity index (χ2n) is 7.33. The summed E-state index contributed by atoms with van der Waals surface area (Å²) < 4.78 is 0. The first kappa shape index (κ1) is 14.7. The average Bonchev–Trinajstić information content (AvgIpc) is 3.13. The van der Waals surface area contributed by atoms with E-state index >= 15 is 0 Å². The van der Waals surface area contributed by atoms with Crippen LogP contribution in [0.3, 0.4) is 0 Å². The zero-order valence-electron chi connectivity index (χ0n) is 14.1. The first-order chi connectivity index (χ1) is 12.1. The van der Waals surface area contributed by atoms with E-state index in [9.17, 15) is 9.59 Å². The number of carbonyl (C=O) groups excluding carboxylic acids is 2. The summed E-state index contributed by atoms with van der Waals surface area (Å²) in [6.45, 7) is 1.50. The first-order valence-electron chi connectivity index (χ1n) is 8.67. The Morgan fingerprint density at radius 2 is 2.12 bits per heavy atom. The van der Waals surface area contributed by atoms with Gasteiger partial charge in [-0.05, 0) is 36.2 Å². The van der Waals surface area contributed by atoms with Crippen LogP contribution in [0.25, 0.3) is 10.9 Å². The fraction of sp³-hybridized carbons (Fsp3) is 0.368. The van der Waals surface area contributed by atoms with Crippen molar-refractivity contribution in [3.05, 3.63) is 47.2 Å². The van der Waals surface area contributed by atoms with Crippen molar-refractivity contribution in [3.63, 3.8) is 0 Å². The van der Waals surface area contributed by atoms with Gasteiger partial charge in [-0.1, -0.05) is 18.2 Å². The van der Waals surface area contributed by atoms with Gasteiger partial charge >= 0.3 is 6.03 Å². The number of H-pyrrole nitrogens is 1. The molecule has 1 aromatic carbocycles. The van der Waals surface area contributed by atoms with E-state index in [2.05, 4.69) is 52.7 Å². The molecule has 0 spiro atoms. The Balaban J connectivity index is 1.52. The van der Waals surface area contributed by atoms with E-state index in [0.717, 1.165) is 13.0 Å². The lowest BCUT2D eigenvalue weighted by atomic mass is 9.76. The van der Waals surface area contributed by atoms with Gasteiger partial charge in [0, 0.05) is 42.1 Å². The molecule has 1 saturated heterocycles. The van der Waals surface area contributed by atoms with Gasteiger partial charge in [0.05, 0.1) is 0 Å². The summed E-state index contributed by atoms with van der Waals surface area (Å²) in [7, 11) is 2.15. The highest BCUT2D eigenvalue weighted by atomic mass is 16.2. The minimum atomic E-state index is -0.283. The first-order valence-corrected chi connectivity index (χ1v) is 8.67. The predicted molar refractivity (Wildman–Crippen MR) is 94.4 cm³/mol. The molecule has 2 aliphatic heterocycles. The molecular weight excluding hydrogens is 316 g/mol. The van der Waals surface area contributed by atoms with Gasteiger partial charge < -0.3 is 9.88 Å². The molecule has 0 saturated carbocycles. The Morgan fingerprint density at radius 3 is 2.92 bits per heavy atom. The smallest absolute Gasteiger partial charge is 0.324 e. The third-order valence-electron chi connectivity index (χ3n) is 5.72. The minimum absolute atomic E-state index is 0.158. The van der Waals surface area contributed by atoms with Crippen molar-refractivity contribution in [1.29, 1.82) is 0 Å². The van der Waals surface area contributed by atoms with E-state index in [4.69, 9.17) is 0 Å². The number of carbonyl (C=O) groups is 2. The van der Waals surface area contributed by atoms with Crippen molar-refractivity contribution in [3.8, 4) is 0 Å². The molecular formula is C19H20N4O2. The van der Waals surface area contributed by atoms with Crippen LogP contribution in [0.1, 0.15) is 17.0 Å². The van der Waals surface area contributed by atoms with Crippen molar-refractivity contribution < 1.29 is 9.59 Å². The molecule has 0 radical (unpaired) electrons. The predicted octanol–water partition coefficient (Wildman–Crippen LogP) is 1.60. The van der Waals surface area contributed by atoms with E-state index in [-0.39, 0.29) is 18.5 Å². The van der Waals surface area contributed by atoms with Crippen LogP contribution in [-0.2, 0) is 11.2 Å². The number of hydrogen-bond donors (Lipinski definition) is 2. The number of nitrogens with zero attached hydrogens (tertiary/aromatic N) is 2. The van der Waals surface area contributed by atoms with E-state index in [0.29, 0.717) is 18.5 Å². The summed E-state index contributed by atoms with van der Waals surface area (Å²) in [5.74, 6) is 0.106. The fourth-order valence-electron chi connectivity index (χ4n) is 4.62. The van der Waals surface area contributed by atoms with E-state index in [1.54, 1.807) is 4.90 Å². The van der Waals surface area contributed by atoms with Gasteiger partial charge in [0.1, 0.15) is 6.54 Å². The highest BCUT2D eigenvalue weighted by Crippen LogP contribution is 2.41. The molecule has 3 heterocycles. The Hall–Kier alpha value is -2.60. The number of hydrogen-bond acceptors (Lipinski definition) is 3. The number of rotatable bonds is 2. The SMILES string of the molecule is CN1CC(CN2CC(=O)NC2=O)=C[C@@H]2c3cccc4[nH]cc(c34)C[C@H]21. The molecule has 0 unspecified atom stereocenters. The Labute approximate surface area is 145 Å². The lowest BCUT2D eigenvalue weighted by molar-refractivity contribution is -0.118. The monoisotopic (exact) mass is 336 g/mol. The van der Waals surface area contributed by atoms with Crippen LogP contribution in [-0.4, -0.2) is 59.4 Å². The van der Waals surface area contributed by atoms with Crippen molar-refractivity contribution >= 4 is 22.8 Å². The second kappa shape index (κ2) is 5.20. The standard InChI is InChI=1S/C19H20N4O2/c1-22-8-11(9-23-10-17(24)21-19(23)25)5-14-13-3-2-4-15-18(13)12(7-20-15)6-16(14)22/h2-5,7,14,16,20H,6,8-10H2,1H3,(H,21,24,25)/t14-,16-/m1/s1. The number of likely N-dealkylation sites (N-methyl/N-ethyl adjacent to an activating group) is 1. The number of amides is 3. The normalized spacial score (nSPS) is 26.0. The van der Waals surface area contributed by atoms with Crippen LogP contribution in [0.4, 0.5) is 4.79 Å². The molecule has 25 heavy (non-hydrogen) atoms. The minimum Gasteiger partial charge on any atom is -0.361 e.